The molecule has 2 aromatic heterocycles. The quantitative estimate of drug-likeness (QED) is 0.713. The van der Waals surface area contributed by atoms with Gasteiger partial charge in [-0.05, 0) is 31.3 Å². The van der Waals surface area contributed by atoms with Crippen molar-refractivity contribution in [1.82, 2.24) is 14.9 Å². The summed E-state index contributed by atoms with van der Waals surface area (Å²) >= 11 is 0. The number of likely N-dealkylation sites (N-methyl/N-ethyl adjacent to an activating group) is 1. The van der Waals surface area contributed by atoms with Crippen molar-refractivity contribution in [2.75, 3.05) is 20.2 Å². The van der Waals surface area contributed by atoms with Gasteiger partial charge in [0.15, 0.2) is 23.1 Å². The molecule has 0 fully saturated rings. The lowest BCUT2D eigenvalue weighted by Crippen LogP contribution is -2.39. The van der Waals surface area contributed by atoms with Crippen LogP contribution in [0.25, 0.3) is 11.6 Å². The molecule has 0 unspecified atom stereocenters. The van der Waals surface area contributed by atoms with Gasteiger partial charge in [0.2, 0.25) is 0 Å². The van der Waals surface area contributed by atoms with Gasteiger partial charge in [-0.25, -0.2) is 9.97 Å². The lowest BCUT2D eigenvalue weighted by Gasteiger charge is -2.29. The van der Waals surface area contributed by atoms with E-state index in [9.17, 15) is 0 Å². The summed E-state index contributed by atoms with van der Waals surface area (Å²) in [6.07, 6.45) is 5.28. The van der Waals surface area contributed by atoms with E-state index in [0.717, 1.165) is 30.2 Å². The average molecular weight is 337 g/mol. The minimum atomic E-state index is 0.00297. The van der Waals surface area contributed by atoms with E-state index in [1.807, 2.05) is 55.8 Å². The first-order valence-electron chi connectivity index (χ1n) is 8.20. The van der Waals surface area contributed by atoms with Gasteiger partial charge in [-0.3, -0.25) is 4.90 Å². The molecule has 6 heteroatoms. The molecule has 3 heterocycles. The highest BCUT2D eigenvalue weighted by molar-refractivity contribution is 5.45. The Labute approximate surface area is 146 Å². The van der Waals surface area contributed by atoms with E-state index in [0.29, 0.717) is 18.2 Å². The highest BCUT2D eigenvalue weighted by atomic mass is 16.6. The summed E-state index contributed by atoms with van der Waals surface area (Å²) in [7, 11) is 2.05. The second kappa shape index (κ2) is 6.94. The molecular weight excluding hydrogens is 318 g/mol. The maximum atomic E-state index is 6.00. The molecule has 0 saturated heterocycles. The second-order valence-electron chi connectivity index (χ2n) is 6.09. The van der Waals surface area contributed by atoms with E-state index in [1.165, 1.54) is 0 Å². The number of furan rings is 1. The van der Waals surface area contributed by atoms with E-state index in [-0.39, 0.29) is 6.10 Å². The number of ether oxygens (including phenoxy) is 2. The fourth-order valence-electron chi connectivity index (χ4n) is 2.85. The van der Waals surface area contributed by atoms with E-state index in [4.69, 9.17) is 13.9 Å². The molecule has 0 radical (unpaired) electrons. The number of para-hydroxylation sites is 2. The smallest absolute Gasteiger partial charge is 0.195 e. The van der Waals surface area contributed by atoms with Gasteiger partial charge in [-0.15, -0.1) is 0 Å². The number of hydrogen-bond donors (Lipinski definition) is 0. The van der Waals surface area contributed by atoms with Gasteiger partial charge in [0, 0.05) is 31.0 Å². The molecule has 4 rings (SSSR count). The van der Waals surface area contributed by atoms with Crippen LogP contribution in [0.4, 0.5) is 0 Å². The van der Waals surface area contributed by atoms with Gasteiger partial charge in [0.1, 0.15) is 12.7 Å². The fraction of sp³-hybridized carbons (Fsp3) is 0.263. The van der Waals surface area contributed by atoms with Crippen molar-refractivity contribution in [2.24, 2.45) is 0 Å². The maximum absolute atomic E-state index is 6.00. The van der Waals surface area contributed by atoms with Crippen LogP contribution in [0, 0.1) is 0 Å². The topological polar surface area (TPSA) is 60.6 Å². The first kappa shape index (κ1) is 15.7. The Morgan fingerprint density at radius 1 is 1.08 bits per heavy atom. The van der Waals surface area contributed by atoms with Crippen molar-refractivity contribution in [1.29, 1.82) is 0 Å². The standard InChI is InChI=1S/C19H19N3O3/c1-22(12-15-13-24-16-5-2-3-6-17(16)25-15)11-14-9-20-19(21-10-14)18-7-4-8-23-18/h2-10,15H,11-13H2,1H3/t15-/m1/s1. The third-order valence-electron chi connectivity index (χ3n) is 3.98. The number of aromatic nitrogens is 2. The number of rotatable bonds is 5. The fourth-order valence-corrected chi connectivity index (χ4v) is 2.85. The third kappa shape index (κ3) is 3.64. The van der Waals surface area contributed by atoms with Crippen LogP contribution in [-0.2, 0) is 6.54 Å². The SMILES string of the molecule is CN(Cc1cnc(-c2ccco2)nc1)C[C@@H]1COc2ccccc2O1. The van der Waals surface area contributed by atoms with Crippen molar-refractivity contribution < 1.29 is 13.9 Å². The molecule has 0 spiro atoms. The molecule has 1 aliphatic rings. The Morgan fingerprint density at radius 2 is 1.88 bits per heavy atom. The molecule has 128 valence electrons. The van der Waals surface area contributed by atoms with Crippen LogP contribution in [-0.4, -0.2) is 41.2 Å². The van der Waals surface area contributed by atoms with Crippen LogP contribution in [0.15, 0.2) is 59.5 Å². The molecule has 0 bridgehead atoms. The van der Waals surface area contributed by atoms with Crippen LogP contribution in [0.2, 0.25) is 0 Å². The first-order valence-corrected chi connectivity index (χ1v) is 8.20. The summed E-state index contributed by atoms with van der Waals surface area (Å²) in [5.74, 6) is 2.88. The van der Waals surface area contributed by atoms with Crippen LogP contribution in [0.3, 0.4) is 0 Å². The molecule has 0 N–H and O–H groups in total. The lowest BCUT2D eigenvalue weighted by molar-refractivity contribution is 0.0637. The van der Waals surface area contributed by atoms with Crippen molar-refractivity contribution in [3.8, 4) is 23.1 Å². The number of nitrogens with zero attached hydrogens (tertiary/aromatic N) is 3. The molecule has 6 nitrogen and oxygen atoms in total. The van der Waals surface area contributed by atoms with E-state index < -0.39 is 0 Å². The Kier molecular flexibility index (Phi) is 4.35. The van der Waals surface area contributed by atoms with Gasteiger partial charge in [-0.1, -0.05) is 12.1 Å². The predicted octanol–water partition coefficient (Wildman–Crippen LogP) is 3.01. The van der Waals surface area contributed by atoms with Gasteiger partial charge < -0.3 is 13.9 Å². The summed E-state index contributed by atoms with van der Waals surface area (Å²) in [6, 6.07) is 11.4. The molecule has 0 saturated carbocycles. The normalized spacial score (nSPS) is 16.2. The minimum Gasteiger partial charge on any atom is -0.486 e. The van der Waals surface area contributed by atoms with Gasteiger partial charge in [-0.2, -0.15) is 0 Å². The van der Waals surface area contributed by atoms with Crippen molar-refractivity contribution in [3.63, 3.8) is 0 Å². The van der Waals surface area contributed by atoms with E-state index >= 15 is 0 Å². The summed E-state index contributed by atoms with van der Waals surface area (Å²) in [5.41, 5.74) is 1.04. The van der Waals surface area contributed by atoms with Gasteiger partial charge in [0.05, 0.1) is 6.26 Å². The van der Waals surface area contributed by atoms with Gasteiger partial charge in [0.25, 0.3) is 0 Å². The third-order valence-corrected chi connectivity index (χ3v) is 3.98. The zero-order chi connectivity index (χ0) is 17.1. The first-order chi connectivity index (χ1) is 12.3. The van der Waals surface area contributed by atoms with Crippen LogP contribution < -0.4 is 9.47 Å². The number of fused-ring (bicyclic) bond motifs is 1. The molecule has 1 aliphatic heterocycles. The summed E-state index contributed by atoms with van der Waals surface area (Å²) in [4.78, 5) is 10.9. The Bertz CT molecular complexity index is 818. The highest BCUT2D eigenvalue weighted by Gasteiger charge is 2.22. The van der Waals surface area contributed by atoms with Gasteiger partial charge >= 0.3 is 0 Å². The van der Waals surface area contributed by atoms with Crippen molar-refractivity contribution in [2.45, 2.75) is 12.6 Å². The number of benzene rings is 1. The zero-order valence-electron chi connectivity index (χ0n) is 14.0. The minimum absolute atomic E-state index is 0.00297. The van der Waals surface area contributed by atoms with Crippen molar-refractivity contribution >= 4 is 0 Å². The van der Waals surface area contributed by atoms with E-state index in [2.05, 4.69) is 14.9 Å². The summed E-state index contributed by atoms with van der Waals surface area (Å²) < 4.78 is 17.1. The molecule has 25 heavy (non-hydrogen) atoms. The van der Waals surface area contributed by atoms with Crippen LogP contribution in [0.5, 0.6) is 11.5 Å². The average Bonchev–Trinajstić information content (AvgIpc) is 3.17. The highest BCUT2D eigenvalue weighted by Crippen LogP contribution is 2.31. The van der Waals surface area contributed by atoms with Crippen LogP contribution in [0.1, 0.15) is 5.56 Å². The lowest BCUT2D eigenvalue weighted by atomic mass is 10.2. The van der Waals surface area contributed by atoms with Crippen LogP contribution >= 0.6 is 0 Å². The monoisotopic (exact) mass is 337 g/mol. The molecule has 0 amide bonds. The number of hydrogen-bond acceptors (Lipinski definition) is 6. The van der Waals surface area contributed by atoms with Crippen molar-refractivity contribution in [3.05, 3.63) is 60.6 Å². The largest absolute Gasteiger partial charge is 0.486 e. The predicted molar refractivity (Wildman–Crippen MR) is 92.4 cm³/mol. The molecule has 1 aromatic carbocycles. The Hall–Kier alpha value is -2.86. The molecule has 0 aliphatic carbocycles. The summed E-state index contributed by atoms with van der Waals surface area (Å²) in [5, 5.41) is 0. The summed E-state index contributed by atoms with van der Waals surface area (Å²) in [6.45, 7) is 2.05. The maximum Gasteiger partial charge on any atom is 0.195 e. The molecular formula is C19H19N3O3. The molecule has 1 atom stereocenters. The Balaban J connectivity index is 1.34. The van der Waals surface area contributed by atoms with E-state index in [1.54, 1.807) is 6.26 Å². The molecule has 3 aromatic rings. The second-order valence-corrected chi connectivity index (χ2v) is 6.09. The Morgan fingerprint density at radius 3 is 2.64 bits per heavy atom. The zero-order valence-corrected chi connectivity index (χ0v) is 14.0.